The Morgan fingerprint density at radius 1 is 1.50 bits per heavy atom. The highest BCUT2D eigenvalue weighted by Gasteiger charge is 1.89. The van der Waals surface area contributed by atoms with E-state index in [-0.39, 0.29) is 0 Å². The molecule has 53 valence electrons. The predicted octanol–water partition coefficient (Wildman–Crippen LogP) is 3.20. The highest BCUT2D eigenvalue weighted by molar-refractivity contribution is 9.10. The van der Waals surface area contributed by atoms with Crippen LogP contribution in [0.2, 0.25) is 0 Å². The topological polar surface area (TPSA) is 0 Å². The van der Waals surface area contributed by atoms with Crippen molar-refractivity contribution in [1.29, 1.82) is 0 Å². The Labute approximate surface area is 70.4 Å². The molecule has 0 aliphatic rings. The summed E-state index contributed by atoms with van der Waals surface area (Å²) < 4.78 is 1.10. The number of hydrogen-bond acceptors (Lipinski definition) is 0. The van der Waals surface area contributed by atoms with Crippen molar-refractivity contribution in [3.63, 3.8) is 0 Å². The van der Waals surface area contributed by atoms with Crippen LogP contribution in [0.25, 0.3) is 0 Å². The van der Waals surface area contributed by atoms with Gasteiger partial charge in [-0.3, -0.25) is 0 Å². The van der Waals surface area contributed by atoms with E-state index in [1.807, 2.05) is 6.07 Å². The lowest BCUT2D eigenvalue weighted by atomic mass is 10.1. The van der Waals surface area contributed by atoms with Gasteiger partial charge in [0.2, 0.25) is 0 Å². The fraction of sp³-hybridized carbons (Fsp3) is 0.333. The molecule has 0 saturated carbocycles. The first-order valence-corrected chi connectivity index (χ1v) is 4.28. The Balaban J connectivity index is 2.69. The van der Waals surface area contributed by atoms with Crippen LogP contribution in [0, 0.1) is 6.07 Å². The summed E-state index contributed by atoms with van der Waals surface area (Å²) in [4.78, 5) is 0. The molecule has 0 heterocycles. The second kappa shape index (κ2) is 3.77. The SMILES string of the molecule is CCCc1[c]cc(Br)cc1. The fourth-order valence-corrected chi connectivity index (χ4v) is 1.11. The zero-order valence-corrected chi connectivity index (χ0v) is 7.61. The summed E-state index contributed by atoms with van der Waals surface area (Å²) in [5.74, 6) is 0. The van der Waals surface area contributed by atoms with Gasteiger partial charge < -0.3 is 0 Å². The van der Waals surface area contributed by atoms with Gasteiger partial charge in [0.1, 0.15) is 0 Å². The minimum Gasteiger partial charge on any atom is -0.0651 e. The molecule has 10 heavy (non-hydrogen) atoms. The van der Waals surface area contributed by atoms with Crippen molar-refractivity contribution in [2.24, 2.45) is 0 Å². The molecule has 0 nitrogen and oxygen atoms in total. The maximum Gasteiger partial charge on any atom is 0.0181 e. The molecule has 0 aliphatic carbocycles. The molecule has 0 aliphatic heterocycles. The second-order valence-corrected chi connectivity index (χ2v) is 3.20. The Bertz CT molecular complexity index is 188. The van der Waals surface area contributed by atoms with E-state index in [1.165, 1.54) is 12.0 Å². The molecule has 0 saturated heterocycles. The van der Waals surface area contributed by atoms with Gasteiger partial charge in [-0.15, -0.1) is 0 Å². The average Bonchev–Trinajstić information content (AvgIpc) is 1.95. The molecular weight excluding hydrogens is 188 g/mol. The van der Waals surface area contributed by atoms with Crippen molar-refractivity contribution >= 4 is 15.9 Å². The molecule has 0 spiro atoms. The van der Waals surface area contributed by atoms with Crippen LogP contribution in [0.5, 0.6) is 0 Å². The Morgan fingerprint density at radius 3 is 2.80 bits per heavy atom. The lowest BCUT2D eigenvalue weighted by molar-refractivity contribution is 0.920. The second-order valence-electron chi connectivity index (χ2n) is 2.28. The van der Waals surface area contributed by atoms with Gasteiger partial charge in [0.25, 0.3) is 0 Å². The molecule has 0 fully saturated rings. The fourth-order valence-electron chi connectivity index (χ4n) is 0.863. The van der Waals surface area contributed by atoms with Crippen LogP contribution in [0.1, 0.15) is 18.9 Å². The maximum absolute atomic E-state index is 3.37. The molecule has 0 atom stereocenters. The lowest BCUT2D eigenvalue weighted by Crippen LogP contribution is -1.80. The number of hydrogen-bond donors (Lipinski definition) is 0. The first-order chi connectivity index (χ1) is 4.83. The molecule has 0 bridgehead atoms. The molecule has 0 N–H and O–H groups in total. The number of rotatable bonds is 2. The molecule has 0 aromatic heterocycles. The van der Waals surface area contributed by atoms with E-state index in [0.29, 0.717) is 0 Å². The summed E-state index contributed by atoms with van der Waals surface area (Å²) in [7, 11) is 0. The van der Waals surface area contributed by atoms with E-state index in [0.717, 1.165) is 10.9 Å². The van der Waals surface area contributed by atoms with Gasteiger partial charge >= 0.3 is 0 Å². The summed E-state index contributed by atoms with van der Waals surface area (Å²) in [6, 6.07) is 9.32. The number of aryl methyl sites for hydroxylation is 1. The predicted molar refractivity (Wildman–Crippen MR) is 47.0 cm³/mol. The zero-order chi connectivity index (χ0) is 7.40. The smallest absolute Gasteiger partial charge is 0.0181 e. The summed E-state index contributed by atoms with van der Waals surface area (Å²) in [5, 5.41) is 0. The van der Waals surface area contributed by atoms with Crippen LogP contribution < -0.4 is 0 Å². The Hall–Kier alpha value is -0.300. The van der Waals surface area contributed by atoms with E-state index >= 15 is 0 Å². The molecule has 1 rings (SSSR count). The summed E-state index contributed by atoms with van der Waals surface area (Å²) in [6.45, 7) is 2.18. The van der Waals surface area contributed by atoms with Crippen molar-refractivity contribution in [3.05, 3.63) is 34.3 Å². The quantitative estimate of drug-likeness (QED) is 0.684. The van der Waals surface area contributed by atoms with Gasteiger partial charge in [-0.25, -0.2) is 0 Å². The van der Waals surface area contributed by atoms with Crippen LogP contribution >= 0.6 is 15.9 Å². The van der Waals surface area contributed by atoms with E-state index in [2.05, 4.69) is 41.1 Å². The van der Waals surface area contributed by atoms with Crippen molar-refractivity contribution in [1.82, 2.24) is 0 Å². The van der Waals surface area contributed by atoms with Crippen LogP contribution in [0.4, 0.5) is 0 Å². The Morgan fingerprint density at radius 2 is 2.30 bits per heavy atom. The van der Waals surface area contributed by atoms with Gasteiger partial charge in [-0.2, -0.15) is 0 Å². The monoisotopic (exact) mass is 197 g/mol. The van der Waals surface area contributed by atoms with Crippen molar-refractivity contribution in [2.45, 2.75) is 19.8 Å². The third kappa shape index (κ3) is 2.14. The summed E-state index contributed by atoms with van der Waals surface area (Å²) in [5.41, 5.74) is 1.30. The Kier molecular flexibility index (Phi) is 2.94. The first-order valence-electron chi connectivity index (χ1n) is 3.49. The molecule has 1 heteroatoms. The van der Waals surface area contributed by atoms with Crippen LogP contribution in [0.3, 0.4) is 0 Å². The molecular formula is C9H10Br. The van der Waals surface area contributed by atoms with Gasteiger partial charge in [0.15, 0.2) is 0 Å². The summed E-state index contributed by atoms with van der Waals surface area (Å²) >= 11 is 3.37. The number of benzene rings is 1. The van der Waals surface area contributed by atoms with E-state index in [4.69, 9.17) is 0 Å². The van der Waals surface area contributed by atoms with Gasteiger partial charge in [0.05, 0.1) is 0 Å². The summed E-state index contributed by atoms with van der Waals surface area (Å²) in [6.07, 6.45) is 2.32. The minimum absolute atomic E-state index is 1.10. The van der Waals surface area contributed by atoms with E-state index in [1.54, 1.807) is 0 Å². The van der Waals surface area contributed by atoms with Crippen LogP contribution in [0.15, 0.2) is 22.7 Å². The van der Waals surface area contributed by atoms with Gasteiger partial charge in [-0.05, 0) is 30.2 Å². The molecule has 0 unspecified atom stereocenters. The third-order valence-corrected chi connectivity index (χ3v) is 1.85. The molecule has 1 aromatic carbocycles. The molecule has 1 radical (unpaired) electrons. The van der Waals surface area contributed by atoms with Crippen molar-refractivity contribution in [2.75, 3.05) is 0 Å². The van der Waals surface area contributed by atoms with E-state index in [9.17, 15) is 0 Å². The first kappa shape index (κ1) is 7.80. The standard InChI is InChI=1S/C9H10Br/c1-2-3-8-4-6-9(10)7-5-8/h4,6-7H,2-3H2,1H3. The average molecular weight is 198 g/mol. The largest absolute Gasteiger partial charge is 0.0651 e. The molecule has 0 amide bonds. The van der Waals surface area contributed by atoms with Crippen molar-refractivity contribution in [3.8, 4) is 0 Å². The van der Waals surface area contributed by atoms with E-state index < -0.39 is 0 Å². The molecule has 1 aromatic rings. The van der Waals surface area contributed by atoms with Gasteiger partial charge in [0, 0.05) is 4.47 Å². The lowest BCUT2D eigenvalue weighted by Gasteiger charge is -1.95. The number of halogens is 1. The minimum atomic E-state index is 1.10. The normalized spacial score (nSPS) is 9.80. The van der Waals surface area contributed by atoms with Gasteiger partial charge in [-0.1, -0.05) is 35.3 Å². The zero-order valence-electron chi connectivity index (χ0n) is 6.02. The highest BCUT2D eigenvalue weighted by Crippen LogP contribution is 2.10. The highest BCUT2D eigenvalue weighted by atomic mass is 79.9. The third-order valence-electron chi connectivity index (χ3n) is 1.36. The maximum atomic E-state index is 3.37. The van der Waals surface area contributed by atoms with Crippen molar-refractivity contribution < 1.29 is 0 Å². The van der Waals surface area contributed by atoms with Crippen LogP contribution in [-0.2, 0) is 6.42 Å². The van der Waals surface area contributed by atoms with Crippen LogP contribution in [-0.4, -0.2) is 0 Å².